The topological polar surface area (TPSA) is 88.3 Å². The van der Waals surface area contributed by atoms with E-state index < -0.39 is 0 Å². The monoisotopic (exact) mass is 401 g/mol. The summed E-state index contributed by atoms with van der Waals surface area (Å²) in [4.78, 5) is 43.5. The third-order valence-corrected chi connectivity index (χ3v) is 7.29. The SMILES string of the molecule is CCCCCCC(CC12CC(CCCN=C=O)C(CC1CCN=C=O)C2)N=C=O. The van der Waals surface area contributed by atoms with Gasteiger partial charge in [-0.3, -0.25) is 0 Å². The summed E-state index contributed by atoms with van der Waals surface area (Å²) in [6.45, 7) is 3.30. The van der Waals surface area contributed by atoms with Gasteiger partial charge in [0, 0.05) is 0 Å². The number of nitrogens with zero attached hydrogens (tertiary/aromatic N) is 3. The number of aliphatic imine (C=N–C) groups is 3. The van der Waals surface area contributed by atoms with Gasteiger partial charge in [-0.1, -0.05) is 32.6 Å². The molecule has 5 unspecified atom stereocenters. The summed E-state index contributed by atoms with van der Waals surface area (Å²) in [5.41, 5.74) is 0.192. The molecule has 0 heterocycles. The van der Waals surface area contributed by atoms with Crippen molar-refractivity contribution in [1.29, 1.82) is 0 Å². The average Bonchev–Trinajstić information content (AvgIpc) is 3.23. The highest BCUT2D eigenvalue weighted by molar-refractivity contribution is 5.34. The van der Waals surface area contributed by atoms with Crippen LogP contribution in [0, 0.1) is 23.2 Å². The Kier molecular flexibility index (Phi) is 10.2. The Morgan fingerprint density at radius 2 is 1.72 bits per heavy atom. The average molecular weight is 402 g/mol. The molecule has 0 aliphatic heterocycles. The van der Waals surface area contributed by atoms with Crippen molar-refractivity contribution in [2.24, 2.45) is 38.1 Å². The molecule has 0 aromatic rings. The Balaban J connectivity index is 2.04. The van der Waals surface area contributed by atoms with Crippen LogP contribution >= 0.6 is 0 Å². The summed E-state index contributed by atoms with van der Waals surface area (Å²) in [6.07, 6.45) is 18.2. The molecule has 2 aliphatic rings. The van der Waals surface area contributed by atoms with Crippen LogP contribution < -0.4 is 0 Å². The maximum absolute atomic E-state index is 11.0. The Hall–Kier alpha value is -1.86. The summed E-state index contributed by atoms with van der Waals surface area (Å²) in [5, 5.41) is 0. The molecule has 0 N–H and O–H groups in total. The summed E-state index contributed by atoms with van der Waals surface area (Å²) < 4.78 is 0. The predicted molar refractivity (Wildman–Crippen MR) is 112 cm³/mol. The highest BCUT2D eigenvalue weighted by Crippen LogP contribution is 2.64. The quantitative estimate of drug-likeness (QED) is 0.221. The molecule has 5 atom stereocenters. The Bertz CT molecular complexity index is 648. The fourth-order valence-corrected chi connectivity index (χ4v) is 6.09. The van der Waals surface area contributed by atoms with Gasteiger partial charge in [0.05, 0.1) is 19.1 Å². The van der Waals surface area contributed by atoms with Crippen LogP contribution in [0.1, 0.15) is 84.0 Å². The van der Waals surface area contributed by atoms with Gasteiger partial charge in [0.25, 0.3) is 0 Å². The predicted octanol–water partition coefficient (Wildman–Crippen LogP) is 4.93. The van der Waals surface area contributed by atoms with Crippen molar-refractivity contribution in [3.63, 3.8) is 0 Å². The summed E-state index contributed by atoms with van der Waals surface area (Å²) in [6, 6.07) is 0.0543. The van der Waals surface area contributed by atoms with Gasteiger partial charge in [-0.15, -0.1) is 0 Å². The van der Waals surface area contributed by atoms with Gasteiger partial charge in [0.2, 0.25) is 18.2 Å². The van der Waals surface area contributed by atoms with Crippen molar-refractivity contribution in [1.82, 2.24) is 0 Å². The second-order valence-electron chi connectivity index (χ2n) is 9.03. The molecule has 0 radical (unpaired) electrons. The molecule has 6 heteroatoms. The molecular formula is C23H35N3O3. The second-order valence-corrected chi connectivity index (χ2v) is 9.03. The lowest BCUT2D eigenvalue weighted by Crippen LogP contribution is -2.32. The van der Waals surface area contributed by atoms with E-state index >= 15 is 0 Å². The molecule has 2 rings (SSSR count). The minimum absolute atomic E-state index is 0.0543. The van der Waals surface area contributed by atoms with Crippen LogP contribution in [0.3, 0.4) is 0 Å². The number of hydrogen-bond donors (Lipinski definition) is 0. The van der Waals surface area contributed by atoms with Gasteiger partial charge in [0.15, 0.2) is 0 Å². The summed E-state index contributed by atoms with van der Waals surface area (Å²) >= 11 is 0. The van der Waals surface area contributed by atoms with Crippen LogP contribution in [0.15, 0.2) is 15.0 Å². The Labute approximate surface area is 174 Å². The van der Waals surface area contributed by atoms with E-state index in [0.717, 1.165) is 44.9 Å². The fraction of sp³-hybridized carbons (Fsp3) is 0.870. The van der Waals surface area contributed by atoms with Gasteiger partial charge in [-0.2, -0.15) is 0 Å². The fourth-order valence-electron chi connectivity index (χ4n) is 6.09. The van der Waals surface area contributed by atoms with E-state index in [1.807, 2.05) is 6.08 Å². The molecule has 2 fully saturated rings. The number of fused-ring (bicyclic) bond motifs is 2. The maximum atomic E-state index is 11.0. The molecule has 29 heavy (non-hydrogen) atoms. The molecule has 0 amide bonds. The van der Waals surface area contributed by atoms with Gasteiger partial charge in [-0.25, -0.2) is 29.4 Å². The van der Waals surface area contributed by atoms with Crippen LogP contribution in [0.2, 0.25) is 0 Å². The molecular weight excluding hydrogens is 366 g/mol. The minimum atomic E-state index is 0.0543. The van der Waals surface area contributed by atoms with E-state index in [1.54, 1.807) is 12.2 Å². The van der Waals surface area contributed by atoms with E-state index in [-0.39, 0.29) is 11.5 Å². The first-order valence-electron chi connectivity index (χ1n) is 11.3. The van der Waals surface area contributed by atoms with Crippen molar-refractivity contribution >= 4 is 18.2 Å². The van der Waals surface area contributed by atoms with Crippen LogP contribution in [-0.2, 0) is 14.4 Å². The lowest BCUT2D eigenvalue weighted by molar-refractivity contribution is 0.117. The molecule has 0 spiro atoms. The van der Waals surface area contributed by atoms with E-state index in [0.29, 0.717) is 30.8 Å². The summed E-state index contributed by atoms with van der Waals surface area (Å²) in [7, 11) is 0. The highest BCUT2D eigenvalue weighted by atomic mass is 16.1. The van der Waals surface area contributed by atoms with Crippen LogP contribution in [0.5, 0.6) is 0 Å². The van der Waals surface area contributed by atoms with Crippen molar-refractivity contribution in [2.75, 3.05) is 13.1 Å². The zero-order valence-corrected chi connectivity index (χ0v) is 17.8. The first-order valence-corrected chi connectivity index (χ1v) is 11.3. The molecule has 6 nitrogen and oxygen atoms in total. The largest absolute Gasteiger partial charge is 0.235 e. The smallest absolute Gasteiger partial charge is 0.211 e. The van der Waals surface area contributed by atoms with Gasteiger partial charge >= 0.3 is 0 Å². The molecule has 2 bridgehead atoms. The van der Waals surface area contributed by atoms with Crippen molar-refractivity contribution in [3.05, 3.63) is 0 Å². The third-order valence-electron chi connectivity index (χ3n) is 7.29. The molecule has 0 saturated heterocycles. The Morgan fingerprint density at radius 1 is 0.931 bits per heavy atom. The molecule has 2 saturated carbocycles. The zero-order valence-electron chi connectivity index (χ0n) is 17.8. The van der Waals surface area contributed by atoms with E-state index in [1.165, 1.54) is 32.1 Å². The number of hydrogen-bond acceptors (Lipinski definition) is 6. The minimum Gasteiger partial charge on any atom is -0.211 e. The number of isocyanates is 3. The lowest BCUT2D eigenvalue weighted by atomic mass is 9.66. The van der Waals surface area contributed by atoms with Gasteiger partial charge in [0.1, 0.15) is 0 Å². The van der Waals surface area contributed by atoms with E-state index in [4.69, 9.17) is 0 Å². The standard InChI is InChI=1S/C23H35N3O3/c1-2-3-4-5-8-22(26-18-29)15-23-13-19(7-6-10-24-16-27)20(14-23)12-21(23)9-11-25-17-28/h19-22H,2-15H2,1H3. The summed E-state index contributed by atoms with van der Waals surface area (Å²) in [5.74, 6) is 1.87. The van der Waals surface area contributed by atoms with Crippen molar-refractivity contribution in [2.45, 2.75) is 90.0 Å². The Morgan fingerprint density at radius 3 is 2.45 bits per heavy atom. The molecule has 0 aromatic carbocycles. The molecule has 160 valence electrons. The van der Waals surface area contributed by atoms with Gasteiger partial charge < -0.3 is 0 Å². The van der Waals surface area contributed by atoms with Crippen molar-refractivity contribution < 1.29 is 14.4 Å². The molecule has 0 aromatic heterocycles. The zero-order chi connectivity index (χ0) is 21.0. The van der Waals surface area contributed by atoms with E-state index in [2.05, 4.69) is 21.9 Å². The van der Waals surface area contributed by atoms with Crippen molar-refractivity contribution in [3.8, 4) is 0 Å². The third kappa shape index (κ3) is 6.85. The van der Waals surface area contributed by atoms with E-state index in [9.17, 15) is 14.4 Å². The first kappa shape index (κ1) is 23.4. The molecule has 2 aliphatic carbocycles. The number of unbranched alkanes of at least 4 members (excludes halogenated alkanes) is 3. The highest BCUT2D eigenvalue weighted by Gasteiger charge is 2.55. The lowest BCUT2D eigenvalue weighted by Gasteiger charge is -2.39. The van der Waals surface area contributed by atoms with Crippen LogP contribution in [0.4, 0.5) is 0 Å². The maximum Gasteiger partial charge on any atom is 0.235 e. The van der Waals surface area contributed by atoms with Crippen LogP contribution in [0.25, 0.3) is 0 Å². The number of rotatable bonds is 15. The van der Waals surface area contributed by atoms with Gasteiger partial charge in [-0.05, 0) is 74.5 Å². The first-order chi connectivity index (χ1) is 14.2. The van der Waals surface area contributed by atoms with Crippen LogP contribution in [-0.4, -0.2) is 37.4 Å². The normalized spacial score (nSPS) is 28.2. The second kappa shape index (κ2) is 12.6. The number of carbonyl (C=O) groups excluding carboxylic acids is 3.